The van der Waals surface area contributed by atoms with Crippen molar-refractivity contribution in [3.05, 3.63) is 30.1 Å². The maximum atomic E-state index is 8.36. The predicted octanol–water partition coefficient (Wildman–Crippen LogP) is 1.17. The van der Waals surface area contributed by atoms with Crippen LogP contribution in [0.5, 0.6) is 5.75 Å². The van der Waals surface area contributed by atoms with Gasteiger partial charge in [0.1, 0.15) is 12.4 Å². The van der Waals surface area contributed by atoms with Crippen molar-refractivity contribution in [1.82, 2.24) is 10.1 Å². The molecule has 0 radical (unpaired) electrons. The molecule has 0 aliphatic heterocycles. The predicted molar refractivity (Wildman–Crippen MR) is 63.4 cm³/mol. The van der Waals surface area contributed by atoms with E-state index in [-0.39, 0.29) is 12.4 Å². The summed E-state index contributed by atoms with van der Waals surface area (Å²) >= 11 is 0. The van der Waals surface area contributed by atoms with Crippen molar-refractivity contribution >= 4 is 5.84 Å². The molecule has 1 aromatic heterocycles. The Balaban J connectivity index is 2.06. The standard InChI is InChI=1S/C11H12N4O3/c1-7-13-11(18-15-7)8-2-4-9(5-3-8)17-6-10(12)14-16/h2-5,16H,6H2,1H3,(H2,12,14). The topological polar surface area (TPSA) is 107 Å². The summed E-state index contributed by atoms with van der Waals surface area (Å²) < 4.78 is 10.3. The van der Waals surface area contributed by atoms with Crippen LogP contribution in [0.3, 0.4) is 0 Å². The van der Waals surface area contributed by atoms with E-state index < -0.39 is 0 Å². The number of rotatable bonds is 4. The summed E-state index contributed by atoms with van der Waals surface area (Å²) in [5, 5.41) is 14.9. The van der Waals surface area contributed by atoms with E-state index in [1.807, 2.05) is 0 Å². The van der Waals surface area contributed by atoms with Crippen LogP contribution in [0, 0.1) is 6.92 Å². The maximum Gasteiger partial charge on any atom is 0.257 e. The average Bonchev–Trinajstić information content (AvgIpc) is 2.83. The summed E-state index contributed by atoms with van der Waals surface area (Å²) in [6.07, 6.45) is 0. The Bertz CT molecular complexity index is 548. The third kappa shape index (κ3) is 2.76. The minimum atomic E-state index is 0.00611. The zero-order chi connectivity index (χ0) is 13.0. The summed E-state index contributed by atoms with van der Waals surface area (Å²) in [5.74, 6) is 1.64. The van der Waals surface area contributed by atoms with Crippen LogP contribution in [0.2, 0.25) is 0 Å². The van der Waals surface area contributed by atoms with Gasteiger partial charge in [-0.3, -0.25) is 0 Å². The molecule has 7 nitrogen and oxygen atoms in total. The van der Waals surface area contributed by atoms with Gasteiger partial charge in [-0.05, 0) is 31.2 Å². The number of aromatic nitrogens is 2. The molecule has 2 rings (SSSR count). The van der Waals surface area contributed by atoms with E-state index in [9.17, 15) is 0 Å². The van der Waals surface area contributed by atoms with Gasteiger partial charge in [0.05, 0.1) is 0 Å². The van der Waals surface area contributed by atoms with Crippen molar-refractivity contribution in [2.75, 3.05) is 6.61 Å². The Hall–Kier alpha value is -2.57. The van der Waals surface area contributed by atoms with Crippen LogP contribution in [0.1, 0.15) is 5.82 Å². The van der Waals surface area contributed by atoms with E-state index in [2.05, 4.69) is 15.3 Å². The number of aryl methyl sites for hydroxylation is 1. The lowest BCUT2D eigenvalue weighted by molar-refractivity contribution is 0.306. The van der Waals surface area contributed by atoms with Crippen LogP contribution >= 0.6 is 0 Å². The number of hydrogen-bond donors (Lipinski definition) is 2. The molecular formula is C11H12N4O3. The van der Waals surface area contributed by atoms with Gasteiger partial charge in [-0.2, -0.15) is 4.98 Å². The number of amidine groups is 1. The highest BCUT2D eigenvalue weighted by Crippen LogP contribution is 2.20. The van der Waals surface area contributed by atoms with Gasteiger partial charge in [-0.25, -0.2) is 0 Å². The van der Waals surface area contributed by atoms with Crippen LogP contribution in [-0.2, 0) is 0 Å². The van der Waals surface area contributed by atoms with Crippen LogP contribution in [-0.4, -0.2) is 27.8 Å². The highest BCUT2D eigenvalue weighted by atomic mass is 16.5. The van der Waals surface area contributed by atoms with E-state index in [0.29, 0.717) is 17.5 Å². The SMILES string of the molecule is Cc1noc(-c2ccc(OC/C(N)=N/O)cc2)n1. The molecule has 0 amide bonds. The molecule has 3 N–H and O–H groups in total. The fraction of sp³-hybridized carbons (Fsp3) is 0.182. The summed E-state index contributed by atoms with van der Waals surface area (Å²) in [7, 11) is 0. The lowest BCUT2D eigenvalue weighted by atomic mass is 10.2. The van der Waals surface area contributed by atoms with Crippen LogP contribution < -0.4 is 10.5 Å². The fourth-order valence-electron chi connectivity index (χ4n) is 1.29. The van der Waals surface area contributed by atoms with Crippen LogP contribution in [0.25, 0.3) is 11.5 Å². The second kappa shape index (κ2) is 5.17. The van der Waals surface area contributed by atoms with Gasteiger partial charge in [0.15, 0.2) is 11.7 Å². The lowest BCUT2D eigenvalue weighted by Crippen LogP contribution is -2.20. The van der Waals surface area contributed by atoms with Gasteiger partial charge < -0.3 is 20.2 Å². The molecule has 1 heterocycles. The van der Waals surface area contributed by atoms with Crippen molar-refractivity contribution < 1.29 is 14.5 Å². The van der Waals surface area contributed by atoms with Gasteiger partial charge in [0, 0.05) is 5.56 Å². The number of nitrogens with zero attached hydrogens (tertiary/aromatic N) is 3. The van der Waals surface area contributed by atoms with Crippen molar-refractivity contribution in [3.8, 4) is 17.2 Å². The summed E-state index contributed by atoms with van der Waals surface area (Å²) in [4.78, 5) is 4.11. The molecule has 0 spiro atoms. The Morgan fingerprint density at radius 1 is 1.44 bits per heavy atom. The van der Waals surface area contributed by atoms with E-state index in [0.717, 1.165) is 5.56 Å². The van der Waals surface area contributed by atoms with Gasteiger partial charge in [-0.1, -0.05) is 10.3 Å². The van der Waals surface area contributed by atoms with Crippen molar-refractivity contribution in [2.24, 2.45) is 10.9 Å². The molecule has 0 saturated heterocycles. The number of ether oxygens (including phenoxy) is 1. The summed E-state index contributed by atoms with van der Waals surface area (Å²) in [6, 6.07) is 7.04. The van der Waals surface area contributed by atoms with Gasteiger partial charge in [0.25, 0.3) is 5.89 Å². The smallest absolute Gasteiger partial charge is 0.257 e. The average molecular weight is 248 g/mol. The first-order valence-corrected chi connectivity index (χ1v) is 5.19. The van der Waals surface area contributed by atoms with Crippen LogP contribution in [0.4, 0.5) is 0 Å². The van der Waals surface area contributed by atoms with Gasteiger partial charge in [0.2, 0.25) is 0 Å². The van der Waals surface area contributed by atoms with Crippen molar-refractivity contribution in [2.45, 2.75) is 6.92 Å². The highest BCUT2D eigenvalue weighted by Gasteiger charge is 2.06. The third-order valence-electron chi connectivity index (χ3n) is 2.14. The third-order valence-corrected chi connectivity index (χ3v) is 2.14. The zero-order valence-electron chi connectivity index (χ0n) is 9.70. The first-order chi connectivity index (χ1) is 8.69. The summed E-state index contributed by atoms with van der Waals surface area (Å²) in [5.41, 5.74) is 6.08. The molecule has 0 fully saturated rings. The molecular weight excluding hydrogens is 236 g/mol. The maximum absolute atomic E-state index is 8.36. The Morgan fingerprint density at radius 3 is 2.72 bits per heavy atom. The molecule has 0 atom stereocenters. The molecule has 7 heteroatoms. The van der Waals surface area contributed by atoms with E-state index in [4.69, 9.17) is 20.2 Å². The molecule has 0 aliphatic rings. The van der Waals surface area contributed by atoms with Gasteiger partial charge in [-0.15, -0.1) is 0 Å². The molecule has 0 saturated carbocycles. The lowest BCUT2D eigenvalue weighted by Gasteiger charge is -2.04. The number of oxime groups is 1. The molecule has 0 bridgehead atoms. The minimum absolute atomic E-state index is 0.00611. The Morgan fingerprint density at radius 2 is 2.17 bits per heavy atom. The second-order valence-corrected chi connectivity index (χ2v) is 3.55. The van der Waals surface area contributed by atoms with Gasteiger partial charge >= 0.3 is 0 Å². The quantitative estimate of drug-likeness (QED) is 0.364. The highest BCUT2D eigenvalue weighted by molar-refractivity contribution is 5.81. The summed E-state index contributed by atoms with van der Waals surface area (Å²) in [6.45, 7) is 1.77. The van der Waals surface area contributed by atoms with E-state index in [1.165, 1.54) is 0 Å². The molecule has 0 aliphatic carbocycles. The Kier molecular flexibility index (Phi) is 3.42. The number of nitrogens with two attached hydrogens (primary N) is 1. The van der Waals surface area contributed by atoms with Crippen molar-refractivity contribution in [1.29, 1.82) is 0 Å². The van der Waals surface area contributed by atoms with E-state index >= 15 is 0 Å². The number of benzene rings is 1. The first kappa shape index (κ1) is 11.9. The zero-order valence-corrected chi connectivity index (χ0v) is 9.70. The molecule has 94 valence electrons. The largest absolute Gasteiger partial charge is 0.486 e. The molecule has 1 aromatic carbocycles. The van der Waals surface area contributed by atoms with Crippen LogP contribution in [0.15, 0.2) is 33.9 Å². The monoisotopic (exact) mass is 248 g/mol. The first-order valence-electron chi connectivity index (χ1n) is 5.19. The molecule has 18 heavy (non-hydrogen) atoms. The fourth-order valence-corrected chi connectivity index (χ4v) is 1.29. The molecule has 2 aromatic rings. The minimum Gasteiger partial charge on any atom is -0.486 e. The molecule has 0 unspecified atom stereocenters. The number of hydrogen-bond acceptors (Lipinski definition) is 6. The second-order valence-electron chi connectivity index (χ2n) is 3.55. The Labute approximate surface area is 103 Å². The normalized spacial score (nSPS) is 11.5. The van der Waals surface area contributed by atoms with E-state index in [1.54, 1.807) is 31.2 Å². The van der Waals surface area contributed by atoms with Crippen molar-refractivity contribution in [3.63, 3.8) is 0 Å².